The van der Waals surface area contributed by atoms with Crippen LogP contribution in [0.3, 0.4) is 0 Å². The maximum absolute atomic E-state index is 5.51. The van der Waals surface area contributed by atoms with Gasteiger partial charge in [-0.3, -0.25) is 0 Å². The highest BCUT2D eigenvalue weighted by Gasteiger charge is 2.19. The van der Waals surface area contributed by atoms with Gasteiger partial charge in [0.1, 0.15) is 33.5 Å². The van der Waals surface area contributed by atoms with Crippen LogP contribution >= 0.6 is 45.2 Å². The molecule has 0 radical (unpaired) electrons. The summed E-state index contributed by atoms with van der Waals surface area (Å²) in [7, 11) is 6.52. The highest BCUT2D eigenvalue weighted by Crippen LogP contribution is 2.38. The third-order valence-corrected chi connectivity index (χ3v) is 11.0. The third-order valence-electron chi connectivity index (χ3n) is 8.76. The summed E-state index contributed by atoms with van der Waals surface area (Å²) < 4.78 is 23.9. The molecule has 10 nitrogen and oxygen atoms in total. The van der Waals surface area contributed by atoms with Crippen LogP contribution in [-0.2, 0) is 0 Å². The van der Waals surface area contributed by atoms with E-state index in [-0.39, 0.29) is 0 Å². The van der Waals surface area contributed by atoms with E-state index >= 15 is 0 Å². The Kier molecular flexibility index (Phi) is 12.3. The molecule has 8 aromatic rings. The maximum atomic E-state index is 5.51. The van der Waals surface area contributed by atoms with E-state index in [1.54, 1.807) is 38.0 Å². The second-order valence-corrected chi connectivity index (χ2v) is 14.3. The van der Waals surface area contributed by atoms with Gasteiger partial charge in [0.15, 0.2) is 23.0 Å². The molecule has 0 saturated heterocycles. The largest absolute Gasteiger partial charge is 0.493 e. The molecule has 12 heteroatoms. The first-order valence-electron chi connectivity index (χ1n) is 17.4. The summed E-state index contributed by atoms with van der Waals surface area (Å²) in [6.45, 7) is 0. The van der Waals surface area contributed by atoms with E-state index in [1.165, 1.54) is 0 Å². The van der Waals surface area contributed by atoms with Crippen molar-refractivity contribution < 1.29 is 18.9 Å². The average Bonchev–Trinajstić information content (AvgIpc) is 3.89. The van der Waals surface area contributed by atoms with E-state index < -0.39 is 0 Å². The zero-order chi connectivity index (χ0) is 39.0. The molecule has 0 atom stereocenters. The van der Waals surface area contributed by atoms with Crippen LogP contribution in [0.25, 0.3) is 40.6 Å². The average molecular weight is 967 g/mol. The zero-order valence-electron chi connectivity index (χ0n) is 30.9. The second kappa shape index (κ2) is 17.8. The van der Waals surface area contributed by atoms with Gasteiger partial charge in [0, 0.05) is 18.3 Å². The van der Waals surface area contributed by atoms with E-state index in [2.05, 4.69) is 69.4 Å². The Hall–Kier alpha value is -5.74. The molecule has 0 unspecified atom stereocenters. The monoisotopic (exact) mass is 966 g/mol. The van der Waals surface area contributed by atoms with Gasteiger partial charge in [-0.25, -0.2) is 0 Å². The Morgan fingerprint density at radius 2 is 0.679 bits per heavy atom. The summed E-state index contributed by atoms with van der Waals surface area (Å²) in [6, 6.07) is 47.7. The van der Waals surface area contributed by atoms with Crippen LogP contribution in [0.1, 0.15) is 22.3 Å². The minimum Gasteiger partial charge on any atom is -0.493 e. The maximum Gasteiger partial charge on any atom is 0.161 e. The van der Waals surface area contributed by atoms with Crippen LogP contribution in [0.2, 0.25) is 0 Å². The molecule has 0 bridgehead atoms. The van der Waals surface area contributed by atoms with Crippen LogP contribution in [0.4, 0.5) is 0 Å². The molecule has 0 fully saturated rings. The fourth-order valence-electron chi connectivity index (χ4n) is 5.99. The normalized spacial score (nSPS) is 12.0. The van der Waals surface area contributed by atoms with Gasteiger partial charge in [-0.15, -0.1) is 30.0 Å². The van der Waals surface area contributed by atoms with Crippen LogP contribution < -0.4 is 18.9 Å². The summed E-state index contributed by atoms with van der Waals surface area (Å²) in [5, 5.41) is 18.8. The summed E-state index contributed by atoms with van der Waals surface area (Å²) >= 11 is 4.70. The first kappa shape index (κ1) is 38.5. The number of benzene rings is 6. The Morgan fingerprint density at radius 1 is 0.375 bits per heavy atom. The fourth-order valence-corrected chi connectivity index (χ4v) is 7.76. The predicted molar refractivity (Wildman–Crippen MR) is 239 cm³/mol. The van der Waals surface area contributed by atoms with Gasteiger partial charge in [0.25, 0.3) is 0 Å². The standard InChI is InChI=1S/2C22H18IN3O2/c2*1-27-19-13-12-16(14-20(19)28-2)22(21(23)15-8-4-3-5-9-15)26-24-17-10-6-7-11-18(17)25-26/h2*3-14H,1-2H3/b2*22-21+. The van der Waals surface area contributed by atoms with E-state index in [4.69, 9.17) is 39.3 Å². The van der Waals surface area contributed by atoms with Crippen LogP contribution in [-0.4, -0.2) is 58.4 Å². The Bertz CT molecular complexity index is 2420. The van der Waals surface area contributed by atoms with E-state index in [0.29, 0.717) is 23.0 Å². The molecule has 0 spiro atoms. The SMILES string of the molecule is COc1ccc(/C(=C(\I)c2ccccc2)n2nc3ccccc3n2)cc1OC.COc1ccc(/C(=C(\I)c2ccccc2)n2nc3ccccc3n2)cc1OC. The highest BCUT2D eigenvalue weighted by molar-refractivity contribution is 14.1. The van der Waals surface area contributed by atoms with Crippen molar-refractivity contribution in [3.05, 3.63) is 168 Å². The Balaban J connectivity index is 0.000000172. The van der Waals surface area contributed by atoms with Crippen LogP contribution in [0.5, 0.6) is 23.0 Å². The minimum atomic E-state index is 0.659. The number of hydrogen-bond acceptors (Lipinski definition) is 8. The van der Waals surface area contributed by atoms with Crippen molar-refractivity contribution in [2.24, 2.45) is 0 Å². The number of fused-ring (bicyclic) bond motifs is 2. The predicted octanol–water partition coefficient (Wildman–Crippen LogP) is 10.5. The first-order valence-corrected chi connectivity index (χ1v) is 19.6. The summed E-state index contributed by atoms with van der Waals surface area (Å²) in [5.74, 6) is 2.68. The van der Waals surface area contributed by atoms with Crippen molar-refractivity contribution in [2.45, 2.75) is 0 Å². The Labute approximate surface area is 351 Å². The molecule has 0 amide bonds. The Morgan fingerprint density at radius 3 is 0.982 bits per heavy atom. The summed E-state index contributed by atoms with van der Waals surface area (Å²) in [6.07, 6.45) is 0. The number of rotatable bonds is 10. The van der Waals surface area contributed by atoms with Crippen LogP contribution in [0, 0.1) is 0 Å². The van der Waals surface area contributed by atoms with E-state index in [1.807, 2.05) is 121 Å². The molecule has 0 aliphatic carbocycles. The van der Waals surface area contributed by atoms with Gasteiger partial charge in [-0.05, 0) is 117 Å². The van der Waals surface area contributed by atoms with Gasteiger partial charge in [-0.2, -0.15) is 0 Å². The van der Waals surface area contributed by atoms with Gasteiger partial charge in [0.05, 0.1) is 28.4 Å². The van der Waals surface area contributed by atoms with E-state index in [0.717, 1.165) is 62.9 Å². The molecule has 0 N–H and O–H groups in total. The molecule has 2 heterocycles. The minimum absolute atomic E-state index is 0.659. The lowest BCUT2D eigenvalue weighted by Crippen LogP contribution is -2.05. The lowest BCUT2D eigenvalue weighted by Gasteiger charge is -2.14. The van der Waals surface area contributed by atoms with E-state index in [9.17, 15) is 0 Å². The number of nitrogens with zero attached hydrogens (tertiary/aromatic N) is 6. The molecule has 0 aliphatic rings. The quantitative estimate of drug-likeness (QED) is 0.0988. The molecular formula is C44H36I2N6O4. The van der Waals surface area contributed by atoms with Crippen molar-refractivity contribution in [1.29, 1.82) is 0 Å². The van der Waals surface area contributed by atoms with Crippen molar-refractivity contribution in [3.63, 3.8) is 0 Å². The lowest BCUT2D eigenvalue weighted by molar-refractivity contribution is 0.355. The number of aromatic nitrogens is 6. The smallest absolute Gasteiger partial charge is 0.161 e. The molecule has 8 rings (SSSR count). The molecule has 0 aliphatic heterocycles. The van der Waals surface area contributed by atoms with Gasteiger partial charge >= 0.3 is 0 Å². The van der Waals surface area contributed by atoms with Crippen LogP contribution in [0.15, 0.2) is 146 Å². The summed E-state index contributed by atoms with van der Waals surface area (Å²) in [5.41, 5.74) is 9.19. The van der Waals surface area contributed by atoms with Crippen molar-refractivity contribution >= 4 is 85.8 Å². The van der Waals surface area contributed by atoms with Gasteiger partial charge in [0.2, 0.25) is 0 Å². The second-order valence-electron chi connectivity index (χ2n) is 12.2. The molecule has 6 aromatic carbocycles. The molecule has 280 valence electrons. The molecule has 0 saturated carbocycles. The molecule has 2 aromatic heterocycles. The fraction of sp³-hybridized carbons (Fsp3) is 0.0909. The number of halogens is 2. The number of methoxy groups -OCH3 is 4. The van der Waals surface area contributed by atoms with Crippen molar-refractivity contribution in [2.75, 3.05) is 28.4 Å². The summed E-state index contributed by atoms with van der Waals surface area (Å²) in [4.78, 5) is 3.39. The zero-order valence-corrected chi connectivity index (χ0v) is 35.2. The highest BCUT2D eigenvalue weighted by atomic mass is 127. The first-order chi connectivity index (χ1) is 27.4. The number of hydrogen-bond donors (Lipinski definition) is 0. The van der Waals surface area contributed by atoms with Crippen molar-refractivity contribution in [1.82, 2.24) is 30.0 Å². The molecule has 56 heavy (non-hydrogen) atoms. The topological polar surface area (TPSA) is 98.3 Å². The van der Waals surface area contributed by atoms with Crippen molar-refractivity contribution in [3.8, 4) is 23.0 Å². The molecular weight excluding hydrogens is 930 g/mol. The third kappa shape index (κ3) is 8.26. The number of ether oxygens (including phenoxy) is 4. The van der Waals surface area contributed by atoms with Gasteiger partial charge < -0.3 is 18.9 Å². The van der Waals surface area contributed by atoms with Gasteiger partial charge in [-0.1, -0.05) is 84.9 Å². The lowest BCUT2D eigenvalue weighted by atomic mass is 10.1.